The molecule has 0 N–H and O–H groups in total. The number of amides is 1. The molecule has 0 bridgehead atoms. The summed E-state index contributed by atoms with van der Waals surface area (Å²) in [5.41, 5.74) is 2.48. The molecule has 2 saturated heterocycles. The highest BCUT2D eigenvalue weighted by Gasteiger charge is 2.41. The number of ether oxygens (including phenoxy) is 2. The van der Waals surface area contributed by atoms with Gasteiger partial charge in [-0.05, 0) is 48.7 Å². The predicted molar refractivity (Wildman–Crippen MR) is 121 cm³/mol. The Balaban J connectivity index is 1.56. The molecule has 9 heteroatoms. The van der Waals surface area contributed by atoms with E-state index < -0.39 is 10.0 Å². The van der Waals surface area contributed by atoms with Gasteiger partial charge in [0.15, 0.2) is 0 Å². The minimum Gasteiger partial charge on any atom is -0.497 e. The number of anilines is 2. The van der Waals surface area contributed by atoms with E-state index in [-0.39, 0.29) is 16.8 Å². The van der Waals surface area contributed by atoms with Gasteiger partial charge in [0.1, 0.15) is 11.8 Å². The number of morpholine rings is 1. The lowest BCUT2D eigenvalue weighted by Gasteiger charge is -2.40. The van der Waals surface area contributed by atoms with E-state index in [4.69, 9.17) is 9.47 Å². The van der Waals surface area contributed by atoms with Crippen LogP contribution in [0.15, 0.2) is 47.4 Å². The quantitative estimate of drug-likeness (QED) is 0.685. The van der Waals surface area contributed by atoms with Gasteiger partial charge in [-0.3, -0.25) is 4.79 Å². The van der Waals surface area contributed by atoms with E-state index in [1.165, 1.54) is 4.31 Å². The van der Waals surface area contributed by atoms with E-state index in [0.29, 0.717) is 38.5 Å². The second-order valence-corrected chi connectivity index (χ2v) is 10.2. The number of hydrogen-bond acceptors (Lipinski definition) is 6. The molecule has 170 valence electrons. The van der Waals surface area contributed by atoms with Gasteiger partial charge < -0.3 is 19.3 Å². The number of carbonyl (C=O) groups is 1. The van der Waals surface area contributed by atoms with Gasteiger partial charge >= 0.3 is 0 Å². The molecule has 0 unspecified atom stereocenters. The van der Waals surface area contributed by atoms with Crippen molar-refractivity contribution in [1.82, 2.24) is 4.31 Å². The first-order chi connectivity index (χ1) is 15.5. The van der Waals surface area contributed by atoms with E-state index in [0.717, 1.165) is 36.4 Å². The van der Waals surface area contributed by atoms with E-state index in [1.807, 2.05) is 30.3 Å². The summed E-state index contributed by atoms with van der Waals surface area (Å²) in [7, 11) is -2.05. The molecule has 3 aliphatic heterocycles. The second-order valence-electron chi connectivity index (χ2n) is 8.29. The molecule has 0 radical (unpaired) electrons. The monoisotopic (exact) mass is 457 g/mol. The average Bonchev–Trinajstić information content (AvgIpc) is 3.32. The molecule has 8 nitrogen and oxygen atoms in total. The van der Waals surface area contributed by atoms with Crippen LogP contribution in [0.25, 0.3) is 0 Å². The molecule has 1 atom stereocenters. The van der Waals surface area contributed by atoms with Gasteiger partial charge in [-0.25, -0.2) is 8.42 Å². The van der Waals surface area contributed by atoms with Crippen LogP contribution in [0.4, 0.5) is 11.4 Å². The van der Waals surface area contributed by atoms with E-state index in [1.54, 1.807) is 24.1 Å². The lowest BCUT2D eigenvalue weighted by atomic mass is 10.1. The summed E-state index contributed by atoms with van der Waals surface area (Å²) in [6.07, 6.45) is 1.75. The molecule has 3 aliphatic rings. The Morgan fingerprint density at radius 1 is 1.06 bits per heavy atom. The maximum Gasteiger partial charge on any atom is 0.250 e. The fraction of sp³-hybridized carbons (Fsp3) is 0.435. The zero-order chi connectivity index (χ0) is 22.3. The topological polar surface area (TPSA) is 79.4 Å². The minimum atomic E-state index is -3.67. The fourth-order valence-electron chi connectivity index (χ4n) is 4.79. The van der Waals surface area contributed by atoms with Gasteiger partial charge in [-0.2, -0.15) is 4.31 Å². The first kappa shape index (κ1) is 21.2. The molecule has 3 heterocycles. The highest BCUT2D eigenvalue weighted by atomic mass is 32.2. The average molecular weight is 458 g/mol. The molecule has 2 fully saturated rings. The molecular formula is C23H27N3O5S. The van der Waals surface area contributed by atoms with Crippen molar-refractivity contribution in [3.05, 3.63) is 48.0 Å². The number of nitrogens with zero attached hydrogens (tertiary/aromatic N) is 3. The molecule has 0 aliphatic carbocycles. The summed E-state index contributed by atoms with van der Waals surface area (Å²) in [5, 5.41) is 0. The van der Waals surface area contributed by atoms with Gasteiger partial charge in [0.05, 0.1) is 43.1 Å². The predicted octanol–water partition coefficient (Wildman–Crippen LogP) is 2.23. The molecule has 32 heavy (non-hydrogen) atoms. The normalized spacial score (nSPS) is 21.4. The van der Waals surface area contributed by atoms with Gasteiger partial charge in [-0.15, -0.1) is 0 Å². The first-order valence-electron chi connectivity index (χ1n) is 10.9. The summed E-state index contributed by atoms with van der Waals surface area (Å²) in [6.45, 7) is 2.60. The Labute approximate surface area is 188 Å². The van der Waals surface area contributed by atoms with Crippen LogP contribution in [0, 0.1) is 0 Å². The highest BCUT2D eigenvalue weighted by Crippen LogP contribution is 2.42. The largest absolute Gasteiger partial charge is 0.497 e. The van der Waals surface area contributed by atoms with Gasteiger partial charge in [-0.1, -0.05) is 12.1 Å². The number of rotatable bonds is 5. The molecule has 0 aromatic heterocycles. The molecule has 2 aromatic rings. The number of carbonyl (C=O) groups excluding carboxylic acids is 1. The third-order valence-electron chi connectivity index (χ3n) is 6.43. The van der Waals surface area contributed by atoms with Crippen LogP contribution in [0.3, 0.4) is 0 Å². The summed E-state index contributed by atoms with van der Waals surface area (Å²) in [6, 6.07) is 12.6. The van der Waals surface area contributed by atoms with Gasteiger partial charge in [0, 0.05) is 19.6 Å². The second kappa shape index (κ2) is 8.38. The Kier molecular flexibility index (Phi) is 5.56. The van der Waals surface area contributed by atoms with Crippen LogP contribution >= 0.6 is 0 Å². The number of fused-ring (bicyclic) bond motifs is 3. The summed E-state index contributed by atoms with van der Waals surface area (Å²) in [5.74, 6) is 0.733. The van der Waals surface area contributed by atoms with Crippen molar-refractivity contribution in [1.29, 1.82) is 0 Å². The molecule has 0 saturated carbocycles. The van der Waals surface area contributed by atoms with E-state index in [2.05, 4.69) is 4.90 Å². The third kappa shape index (κ3) is 3.64. The zero-order valence-corrected chi connectivity index (χ0v) is 18.9. The van der Waals surface area contributed by atoms with Crippen molar-refractivity contribution < 1.29 is 22.7 Å². The standard InChI is InChI=1S/C23H27N3O5S/c1-30-18-5-2-4-17(14-18)16-26-22-15-19(32(28,29)24-10-12-31-13-11-24)7-8-20(22)25-9-3-6-21(25)23(26)27/h2,4-5,7-8,14-15,21H,3,6,9-13,16H2,1H3/t21-/m0/s1. The van der Waals surface area contributed by atoms with Crippen LogP contribution in [-0.4, -0.2) is 64.6 Å². The first-order valence-corrected chi connectivity index (χ1v) is 12.4. The summed E-state index contributed by atoms with van der Waals surface area (Å²) >= 11 is 0. The molecule has 1 amide bonds. The van der Waals surface area contributed by atoms with Crippen LogP contribution in [0.5, 0.6) is 5.75 Å². The zero-order valence-electron chi connectivity index (χ0n) is 18.1. The van der Waals surface area contributed by atoms with Crippen molar-refractivity contribution >= 4 is 27.3 Å². The molecule has 2 aromatic carbocycles. The maximum absolute atomic E-state index is 13.5. The number of benzene rings is 2. The number of sulfonamides is 1. The number of hydrogen-bond donors (Lipinski definition) is 0. The van der Waals surface area contributed by atoms with Crippen LogP contribution in [-0.2, 0) is 26.1 Å². The van der Waals surface area contributed by atoms with Crippen molar-refractivity contribution in [2.45, 2.75) is 30.3 Å². The van der Waals surface area contributed by atoms with Crippen molar-refractivity contribution in [3.8, 4) is 5.75 Å². The van der Waals surface area contributed by atoms with E-state index >= 15 is 0 Å². The summed E-state index contributed by atoms with van der Waals surface area (Å²) in [4.78, 5) is 17.5. The molecule has 0 spiro atoms. The lowest BCUT2D eigenvalue weighted by Crippen LogP contribution is -2.50. The van der Waals surface area contributed by atoms with Gasteiger partial charge in [0.2, 0.25) is 15.9 Å². The van der Waals surface area contributed by atoms with Crippen LogP contribution in [0.2, 0.25) is 0 Å². The Morgan fingerprint density at radius 2 is 1.88 bits per heavy atom. The maximum atomic E-state index is 13.5. The third-order valence-corrected chi connectivity index (χ3v) is 8.33. The Bertz CT molecular complexity index is 1130. The van der Waals surface area contributed by atoms with E-state index in [9.17, 15) is 13.2 Å². The smallest absolute Gasteiger partial charge is 0.250 e. The van der Waals surface area contributed by atoms with Crippen LogP contribution < -0.4 is 14.5 Å². The molecular weight excluding hydrogens is 430 g/mol. The Hall–Kier alpha value is -2.62. The SMILES string of the molecule is COc1cccc(CN2C(=O)[C@@H]3CCCN3c3ccc(S(=O)(=O)N4CCOCC4)cc32)c1. The Morgan fingerprint density at radius 3 is 2.66 bits per heavy atom. The van der Waals surface area contributed by atoms with Crippen molar-refractivity contribution in [3.63, 3.8) is 0 Å². The summed E-state index contributed by atoms with van der Waals surface area (Å²) < 4.78 is 38.6. The van der Waals surface area contributed by atoms with Crippen molar-refractivity contribution in [2.75, 3.05) is 49.8 Å². The highest BCUT2D eigenvalue weighted by molar-refractivity contribution is 7.89. The molecule has 5 rings (SSSR count). The van der Waals surface area contributed by atoms with Crippen LogP contribution in [0.1, 0.15) is 18.4 Å². The lowest BCUT2D eigenvalue weighted by molar-refractivity contribution is -0.120. The fourth-order valence-corrected chi connectivity index (χ4v) is 6.21. The van der Waals surface area contributed by atoms with Gasteiger partial charge in [0.25, 0.3) is 0 Å². The van der Waals surface area contributed by atoms with Crippen molar-refractivity contribution in [2.24, 2.45) is 0 Å². The number of methoxy groups -OCH3 is 1. The minimum absolute atomic E-state index is 0.0127.